The molecule has 2 aromatic carbocycles. The Morgan fingerprint density at radius 1 is 0.952 bits per heavy atom. The first-order valence-electron chi connectivity index (χ1n) is 5.97. The normalized spacial score (nSPS) is 12.3. The largest absolute Gasteiger partial charge is 0.495 e. The molecule has 0 amide bonds. The quantitative estimate of drug-likeness (QED) is 0.624. The van der Waals surface area contributed by atoms with Crippen LogP contribution in [0.4, 0.5) is 8.78 Å². The molecule has 112 valence electrons. The molecule has 1 unspecified atom stereocenters. The molecule has 0 aromatic heterocycles. The fourth-order valence-corrected chi connectivity index (χ4v) is 2.85. The molecular formula is C15H11Cl3F2O. The Morgan fingerprint density at radius 2 is 1.62 bits per heavy atom. The topological polar surface area (TPSA) is 9.23 Å². The predicted octanol–water partition coefficient (Wildman–Crippen LogP) is 5.92. The molecule has 0 aliphatic heterocycles. The van der Waals surface area contributed by atoms with E-state index < -0.39 is 17.0 Å². The number of hydrogen-bond donors (Lipinski definition) is 0. The standard InChI is InChI=1S/C15H11Cl3F2O/c1-7-3-9(13(20)6-12(7)19)15(18)8-4-11(17)14(21-2)5-10(8)16/h3-6,15H,1-2H3. The fraction of sp³-hybridized carbons (Fsp3) is 0.200. The van der Waals surface area contributed by atoms with Gasteiger partial charge in [0, 0.05) is 22.7 Å². The van der Waals surface area contributed by atoms with Crippen molar-refractivity contribution >= 4 is 34.8 Å². The first-order chi connectivity index (χ1) is 9.85. The van der Waals surface area contributed by atoms with Crippen LogP contribution in [-0.4, -0.2) is 7.11 Å². The average molecular weight is 352 g/mol. The van der Waals surface area contributed by atoms with Crippen LogP contribution in [0, 0.1) is 18.6 Å². The third-order valence-electron chi connectivity index (χ3n) is 3.10. The lowest BCUT2D eigenvalue weighted by molar-refractivity contribution is 0.415. The van der Waals surface area contributed by atoms with Crippen molar-refractivity contribution in [3.05, 3.63) is 62.6 Å². The van der Waals surface area contributed by atoms with E-state index in [0.717, 1.165) is 6.07 Å². The fourth-order valence-electron chi connectivity index (χ4n) is 1.94. The van der Waals surface area contributed by atoms with E-state index in [9.17, 15) is 8.78 Å². The number of benzene rings is 2. The van der Waals surface area contributed by atoms with Crippen LogP contribution < -0.4 is 4.74 Å². The maximum absolute atomic E-state index is 13.9. The number of halogens is 5. The Balaban J connectivity index is 2.52. The second-order valence-electron chi connectivity index (χ2n) is 4.49. The summed E-state index contributed by atoms with van der Waals surface area (Å²) >= 11 is 18.4. The Labute approximate surface area is 136 Å². The minimum absolute atomic E-state index is 0.138. The van der Waals surface area contributed by atoms with Gasteiger partial charge in [-0.15, -0.1) is 11.6 Å². The maximum Gasteiger partial charge on any atom is 0.138 e. The van der Waals surface area contributed by atoms with Crippen LogP contribution in [-0.2, 0) is 0 Å². The van der Waals surface area contributed by atoms with E-state index in [1.807, 2.05) is 0 Å². The predicted molar refractivity (Wildman–Crippen MR) is 81.8 cm³/mol. The van der Waals surface area contributed by atoms with Crippen LogP contribution >= 0.6 is 34.8 Å². The highest BCUT2D eigenvalue weighted by Crippen LogP contribution is 2.40. The summed E-state index contributed by atoms with van der Waals surface area (Å²) in [6, 6.07) is 5.18. The van der Waals surface area contributed by atoms with Crippen LogP contribution in [0.5, 0.6) is 5.75 Å². The molecule has 0 spiro atoms. The van der Waals surface area contributed by atoms with Gasteiger partial charge in [0.05, 0.1) is 17.5 Å². The molecule has 1 nitrogen and oxygen atoms in total. The van der Waals surface area contributed by atoms with Gasteiger partial charge >= 0.3 is 0 Å². The van der Waals surface area contributed by atoms with Gasteiger partial charge in [-0.05, 0) is 30.2 Å². The summed E-state index contributed by atoms with van der Waals surface area (Å²) in [7, 11) is 1.46. The number of ether oxygens (including phenoxy) is 1. The molecule has 0 radical (unpaired) electrons. The molecule has 1 atom stereocenters. The average Bonchev–Trinajstić information content (AvgIpc) is 2.44. The smallest absolute Gasteiger partial charge is 0.138 e. The van der Waals surface area contributed by atoms with Crippen LogP contribution in [0.3, 0.4) is 0 Å². The summed E-state index contributed by atoms with van der Waals surface area (Å²) in [5, 5.41) is -0.292. The van der Waals surface area contributed by atoms with Crippen LogP contribution in [0.1, 0.15) is 22.1 Å². The third kappa shape index (κ3) is 3.25. The summed E-state index contributed by atoms with van der Waals surface area (Å²) in [6.07, 6.45) is 0. The number of hydrogen-bond acceptors (Lipinski definition) is 1. The van der Waals surface area contributed by atoms with E-state index in [1.165, 1.54) is 32.2 Å². The van der Waals surface area contributed by atoms with Crippen molar-refractivity contribution in [3.63, 3.8) is 0 Å². The summed E-state index contributed by atoms with van der Waals surface area (Å²) < 4.78 is 32.3. The second kappa shape index (κ2) is 6.39. The molecule has 0 fully saturated rings. The highest BCUT2D eigenvalue weighted by Gasteiger charge is 2.21. The van der Waals surface area contributed by atoms with Gasteiger partial charge in [-0.3, -0.25) is 0 Å². The van der Waals surface area contributed by atoms with Gasteiger partial charge in [-0.25, -0.2) is 8.78 Å². The van der Waals surface area contributed by atoms with Gasteiger partial charge in [0.25, 0.3) is 0 Å². The van der Waals surface area contributed by atoms with Gasteiger partial charge < -0.3 is 4.74 Å². The monoisotopic (exact) mass is 350 g/mol. The van der Waals surface area contributed by atoms with E-state index >= 15 is 0 Å². The van der Waals surface area contributed by atoms with Crippen molar-refractivity contribution in [3.8, 4) is 5.75 Å². The number of rotatable bonds is 3. The molecule has 2 rings (SSSR count). The molecule has 0 heterocycles. The molecule has 0 saturated carbocycles. The third-order valence-corrected chi connectivity index (χ3v) is 4.19. The maximum atomic E-state index is 13.9. The van der Waals surface area contributed by atoms with Crippen LogP contribution in [0.25, 0.3) is 0 Å². The lowest BCUT2D eigenvalue weighted by Gasteiger charge is -2.16. The minimum atomic E-state index is -0.889. The molecule has 0 N–H and O–H groups in total. The summed E-state index contributed by atoms with van der Waals surface area (Å²) in [4.78, 5) is 0. The van der Waals surface area contributed by atoms with Crippen molar-refractivity contribution in [2.45, 2.75) is 12.3 Å². The molecule has 0 saturated heterocycles. The van der Waals surface area contributed by atoms with Crippen molar-refractivity contribution in [1.29, 1.82) is 0 Å². The lowest BCUT2D eigenvalue weighted by Crippen LogP contribution is -2.01. The number of methoxy groups -OCH3 is 1. The van der Waals surface area contributed by atoms with E-state index in [-0.39, 0.29) is 10.6 Å². The molecule has 0 aliphatic rings. The van der Waals surface area contributed by atoms with Gasteiger partial charge in [-0.2, -0.15) is 0 Å². The minimum Gasteiger partial charge on any atom is -0.495 e. The molecule has 6 heteroatoms. The van der Waals surface area contributed by atoms with E-state index in [4.69, 9.17) is 39.5 Å². The Kier molecular flexibility index (Phi) is 4.97. The molecule has 2 aromatic rings. The summed E-state index contributed by atoms with van der Waals surface area (Å²) in [5.74, 6) is -0.967. The van der Waals surface area contributed by atoms with Gasteiger partial charge in [0.1, 0.15) is 17.4 Å². The molecule has 0 bridgehead atoms. The van der Waals surface area contributed by atoms with Crippen molar-refractivity contribution in [2.24, 2.45) is 0 Å². The van der Waals surface area contributed by atoms with Crippen molar-refractivity contribution in [2.75, 3.05) is 7.11 Å². The van der Waals surface area contributed by atoms with Crippen LogP contribution in [0.15, 0.2) is 24.3 Å². The first-order valence-corrected chi connectivity index (χ1v) is 7.17. The molecule has 0 aliphatic carbocycles. The first kappa shape index (κ1) is 16.3. The zero-order valence-corrected chi connectivity index (χ0v) is 13.5. The Hall–Kier alpha value is -1.03. The summed E-state index contributed by atoms with van der Waals surface area (Å²) in [6.45, 7) is 1.53. The van der Waals surface area contributed by atoms with Crippen molar-refractivity contribution < 1.29 is 13.5 Å². The highest BCUT2D eigenvalue weighted by atomic mass is 35.5. The van der Waals surface area contributed by atoms with Gasteiger partial charge in [-0.1, -0.05) is 23.2 Å². The highest BCUT2D eigenvalue weighted by molar-refractivity contribution is 6.36. The Morgan fingerprint density at radius 3 is 2.24 bits per heavy atom. The summed E-state index contributed by atoms with van der Waals surface area (Å²) in [5.41, 5.74) is 0.862. The van der Waals surface area contributed by atoms with Crippen LogP contribution in [0.2, 0.25) is 10.0 Å². The van der Waals surface area contributed by atoms with Gasteiger partial charge in [0.15, 0.2) is 0 Å². The van der Waals surface area contributed by atoms with Crippen molar-refractivity contribution in [1.82, 2.24) is 0 Å². The van der Waals surface area contributed by atoms with E-state index in [0.29, 0.717) is 21.9 Å². The second-order valence-corrected chi connectivity index (χ2v) is 5.74. The molecule has 21 heavy (non-hydrogen) atoms. The van der Waals surface area contributed by atoms with E-state index in [1.54, 1.807) is 0 Å². The Bertz CT molecular complexity index is 689. The lowest BCUT2D eigenvalue weighted by atomic mass is 10.0. The van der Waals surface area contributed by atoms with Gasteiger partial charge in [0.2, 0.25) is 0 Å². The van der Waals surface area contributed by atoms with E-state index in [2.05, 4.69) is 0 Å². The zero-order valence-electron chi connectivity index (χ0n) is 11.2. The zero-order chi connectivity index (χ0) is 15.7. The number of alkyl halides is 1. The number of aryl methyl sites for hydroxylation is 1. The SMILES string of the molecule is COc1cc(Cl)c(C(Cl)c2cc(C)c(F)cc2F)cc1Cl. The molecular weight excluding hydrogens is 341 g/mol.